The number of hydrogen-bond donors (Lipinski definition) is 2. The van der Waals surface area contributed by atoms with Gasteiger partial charge < -0.3 is 15.4 Å². The van der Waals surface area contributed by atoms with Gasteiger partial charge in [0.15, 0.2) is 12.3 Å². The van der Waals surface area contributed by atoms with Crippen LogP contribution in [0.1, 0.15) is 26.7 Å². The maximum absolute atomic E-state index is 12.9. The number of carbonyl (C=O) groups excluding carboxylic acids is 1. The fraction of sp³-hybridized carbons (Fsp3) is 0.318. The Labute approximate surface area is 173 Å². The van der Waals surface area contributed by atoms with Crippen molar-refractivity contribution in [3.63, 3.8) is 0 Å². The predicted molar refractivity (Wildman–Crippen MR) is 118 cm³/mol. The molecular weight excluding hydrogens is 384 g/mol. The first-order valence-corrected chi connectivity index (χ1v) is 10.0. The largest absolute Gasteiger partial charge is 0.483 e. The van der Waals surface area contributed by atoms with Gasteiger partial charge in [-0.3, -0.25) is 19.1 Å². The van der Waals surface area contributed by atoms with E-state index < -0.39 is 17.2 Å². The molecule has 158 valence electrons. The van der Waals surface area contributed by atoms with E-state index in [1.54, 1.807) is 13.0 Å². The molecule has 0 atom stereocenters. The number of amides is 1. The van der Waals surface area contributed by atoms with E-state index in [0.717, 1.165) is 23.6 Å². The van der Waals surface area contributed by atoms with Crippen LogP contribution in [0, 0.1) is 0 Å². The molecule has 0 aliphatic heterocycles. The number of nitrogen functional groups attached to an aromatic ring is 1. The molecule has 0 fully saturated rings. The first kappa shape index (κ1) is 21.2. The van der Waals surface area contributed by atoms with Crippen LogP contribution in [0.5, 0.6) is 5.75 Å². The number of H-pyrrole nitrogens is 1. The Morgan fingerprint density at radius 1 is 1.13 bits per heavy atom. The number of unbranched alkanes of at least 4 members (excludes halogenated alkanes) is 1. The molecule has 3 N–H and O–H groups in total. The molecular formula is C22H26N4O4. The lowest BCUT2D eigenvalue weighted by Gasteiger charge is -2.23. The van der Waals surface area contributed by atoms with Crippen LogP contribution >= 0.6 is 0 Å². The number of fused-ring (bicyclic) bond motifs is 1. The zero-order chi connectivity index (χ0) is 21.7. The van der Waals surface area contributed by atoms with E-state index in [9.17, 15) is 14.4 Å². The number of likely N-dealkylation sites (N-methyl/N-ethyl adjacent to an activating group) is 1. The van der Waals surface area contributed by atoms with Crippen molar-refractivity contribution in [3.8, 4) is 5.75 Å². The van der Waals surface area contributed by atoms with Crippen molar-refractivity contribution in [2.75, 3.05) is 23.8 Å². The smallest absolute Gasteiger partial charge is 0.330 e. The fourth-order valence-electron chi connectivity index (χ4n) is 3.37. The molecule has 3 rings (SSSR count). The van der Waals surface area contributed by atoms with Gasteiger partial charge in [0.1, 0.15) is 11.6 Å². The highest BCUT2D eigenvalue weighted by Crippen LogP contribution is 2.25. The number of carbonyl (C=O) groups is 1. The zero-order valence-corrected chi connectivity index (χ0v) is 17.2. The van der Waals surface area contributed by atoms with Gasteiger partial charge in [-0.15, -0.1) is 0 Å². The van der Waals surface area contributed by atoms with E-state index in [2.05, 4.69) is 4.98 Å². The van der Waals surface area contributed by atoms with Crippen LogP contribution in [0.2, 0.25) is 0 Å². The predicted octanol–water partition coefficient (Wildman–Crippen LogP) is 2.50. The van der Waals surface area contributed by atoms with Crippen molar-refractivity contribution >= 4 is 28.2 Å². The van der Waals surface area contributed by atoms with Gasteiger partial charge in [-0.25, -0.2) is 4.79 Å². The number of rotatable bonds is 8. The quantitative estimate of drug-likeness (QED) is 0.593. The summed E-state index contributed by atoms with van der Waals surface area (Å²) < 4.78 is 7.06. The summed E-state index contributed by atoms with van der Waals surface area (Å²) in [7, 11) is 0. The molecule has 0 spiro atoms. The summed E-state index contributed by atoms with van der Waals surface area (Å²) >= 11 is 0. The summed E-state index contributed by atoms with van der Waals surface area (Å²) in [6, 6.07) is 13.3. The van der Waals surface area contributed by atoms with Crippen LogP contribution in [-0.4, -0.2) is 28.6 Å². The Balaban J connectivity index is 1.88. The molecule has 0 saturated carbocycles. The molecule has 1 amide bonds. The summed E-state index contributed by atoms with van der Waals surface area (Å²) in [6.07, 6.45) is 1.58. The Morgan fingerprint density at radius 2 is 1.87 bits per heavy atom. The zero-order valence-electron chi connectivity index (χ0n) is 17.2. The molecule has 30 heavy (non-hydrogen) atoms. The number of nitrogens with one attached hydrogen (secondary N) is 1. The second-order valence-electron chi connectivity index (χ2n) is 6.90. The molecule has 8 nitrogen and oxygen atoms in total. The van der Waals surface area contributed by atoms with Gasteiger partial charge in [-0.2, -0.15) is 0 Å². The number of nitrogens with zero attached hydrogens (tertiary/aromatic N) is 2. The highest BCUT2D eigenvalue weighted by Gasteiger charge is 2.23. The number of aromatic nitrogens is 2. The van der Waals surface area contributed by atoms with Crippen molar-refractivity contribution in [2.45, 2.75) is 33.2 Å². The van der Waals surface area contributed by atoms with E-state index in [1.165, 1.54) is 9.47 Å². The van der Waals surface area contributed by atoms with Crippen molar-refractivity contribution in [1.82, 2.24) is 9.55 Å². The summed E-state index contributed by atoms with van der Waals surface area (Å²) in [6.45, 7) is 4.02. The van der Waals surface area contributed by atoms with Crippen LogP contribution < -0.4 is 26.6 Å². The van der Waals surface area contributed by atoms with E-state index >= 15 is 0 Å². The van der Waals surface area contributed by atoms with Crippen LogP contribution in [-0.2, 0) is 11.3 Å². The number of aromatic amines is 1. The molecule has 0 saturated heterocycles. The average molecular weight is 410 g/mol. The van der Waals surface area contributed by atoms with E-state index in [4.69, 9.17) is 10.5 Å². The van der Waals surface area contributed by atoms with E-state index in [0.29, 0.717) is 12.3 Å². The minimum atomic E-state index is -0.689. The fourth-order valence-corrected chi connectivity index (χ4v) is 3.37. The maximum atomic E-state index is 12.9. The number of benzene rings is 2. The summed E-state index contributed by atoms with van der Waals surface area (Å²) in [5.41, 5.74) is 4.83. The number of hydrogen-bond acceptors (Lipinski definition) is 5. The van der Waals surface area contributed by atoms with Crippen LogP contribution in [0.3, 0.4) is 0 Å². The first-order chi connectivity index (χ1) is 14.5. The van der Waals surface area contributed by atoms with Crippen molar-refractivity contribution in [1.29, 1.82) is 0 Å². The third kappa shape index (κ3) is 4.22. The first-order valence-electron chi connectivity index (χ1n) is 10.0. The third-order valence-electron chi connectivity index (χ3n) is 4.94. The summed E-state index contributed by atoms with van der Waals surface area (Å²) in [5.74, 6) is 0.133. The maximum Gasteiger partial charge on any atom is 0.330 e. The number of anilines is 2. The van der Waals surface area contributed by atoms with Gasteiger partial charge in [0, 0.05) is 18.5 Å². The Morgan fingerprint density at radius 3 is 2.60 bits per heavy atom. The van der Waals surface area contributed by atoms with E-state index in [1.807, 2.05) is 43.3 Å². The molecule has 1 aromatic heterocycles. The Hall–Kier alpha value is -3.55. The van der Waals surface area contributed by atoms with Gasteiger partial charge in [0.2, 0.25) is 0 Å². The second-order valence-corrected chi connectivity index (χ2v) is 6.90. The molecule has 1 heterocycles. The molecule has 0 aliphatic rings. The van der Waals surface area contributed by atoms with Gasteiger partial charge in [-0.05, 0) is 24.8 Å². The van der Waals surface area contributed by atoms with Gasteiger partial charge >= 0.3 is 5.69 Å². The Bertz CT molecular complexity index is 1160. The van der Waals surface area contributed by atoms with Crippen molar-refractivity contribution < 1.29 is 9.53 Å². The van der Waals surface area contributed by atoms with Gasteiger partial charge in [0.25, 0.3) is 11.5 Å². The molecule has 0 radical (unpaired) electrons. The van der Waals surface area contributed by atoms with Gasteiger partial charge in [-0.1, -0.05) is 49.7 Å². The summed E-state index contributed by atoms with van der Waals surface area (Å²) in [4.78, 5) is 41.0. The lowest BCUT2D eigenvalue weighted by atomic mass is 10.1. The average Bonchev–Trinajstić information content (AvgIpc) is 2.74. The standard InChI is InChI=1S/C22H26N4O4/c1-3-5-13-26-20(23)19(21(28)24-22(26)29)25(4-2)18(27)14-30-17-12-8-10-15-9-6-7-11-16(15)17/h6-12H,3-5,13-14,23H2,1-2H3,(H,24,28,29). The monoisotopic (exact) mass is 410 g/mol. The van der Waals surface area contributed by atoms with Crippen molar-refractivity contribution in [3.05, 3.63) is 63.3 Å². The number of ether oxygens (including phenoxy) is 1. The molecule has 0 bridgehead atoms. The molecule has 0 aliphatic carbocycles. The number of nitrogens with two attached hydrogens (primary N) is 1. The highest BCUT2D eigenvalue weighted by molar-refractivity contribution is 5.97. The van der Waals surface area contributed by atoms with Crippen molar-refractivity contribution in [2.24, 2.45) is 0 Å². The highest BCUT2D eigenvalue weighted by atomic mass is 16.5. The molecule has 3 aromatic rings. The minimum absolute atomic E-state index is 0.0161. The molecule has 2 aromatic carbocycles. The van der Waals surface area contributed by atoms with Crippen LogP contribution in [0.25, 0.3) is 10.8 Å². The second kappa shape index (κ2) is 9.30. The normalized spacial score (nSPS) is 10.9. The summed E-state index contributed by atoms with van der Waals surface area (Å²) in [5, 5.41) is 1.89. The minimum Gasteiger partial charge on any atom is -0.483 e. The molecule has 0 unspecified atom stereocenters. The van der Waals surface area contributed by atoms with Crippen LogP contribution in [0.15, 0.2) is 52.1 Å². The lowest BCUT2D eigenvalue weighted by Crippen LogP contribution is -2.42. The van der Waals surface area contributed by atoms with Crippen LogP contribution in [0.4, 0.5) is 11.5 Å². The third-order valence-corrected chi connectivity index (χ3v) is 4.94. The lowest BCUT2D eigenvalue weighted by molar-refractivity contribution is -0.120. The van der Waals surface area contributed by atoms with E-state index in [-0.39, 0.29) is 24.7 Å². The van der Waals surface area contributed by atoms with Gasteiger partial charge in [0.05, 0.1) is 0 Å². The Kier molecular flexibility index (Phi) is 6.56. The topological polar surface area (TPSA) is 110 Å². The molecule has 8 heteroatoms. The SMILES string of the molecule is CCCCn1c(N)c(N(CC)C(=O)COc2cccc3ccccc23)c(=O)[nH]c1=O.